The highest BCUT2D eigenvalue weighted by Gasteiger charge is 2.22. The fourth-order valence-corrected chi connectivity index (χ4v) is 3.35. The first-order chi connectivity index (χ1) is 10.9. The number of carbonyl (C=O) groups excluding carboxylic acids is 1. The van der Waals surface area contributed by atoms with E-state index in [0.717, 1.165) is 5.56 Å². The summed E-state index contributed by atoms with van der Waals surface area (Å²) in [7, 11) is -2.22. The maximum Gasteiger partial charge on any atom is 0.264 e. The molecule has 0 saturated carbocycles. The average molecular weight is 332 g/mol. The third kappa shape index (κ3) is 3.71. The average Bonchev–Trinajstić information content (AvgIpc) is 2.55. The standard InChI is InChI=1S/C17H20N2O3S/c1-4-18-17(20)14-6-5-7-16(12-14)23(21,22)19(3)15-10-8-13(2)9-11-15/h5-12H,4H2,1-3H3,(H,18,20). The minimum atomic E-state index is -3.72. The normalized spacial score (nSPS) is 11.1. The third-order valence-electron chi connectivity index (χ3n) is 3.49. The molecular formula is C17H20N2O3S. The number of anilines is 1. The molecule has 2 aromatic rings. The summed E-state index contributed by atoms with van der Waals surface area (Å²) in [6, 6.07) is 13.3. The van der Waals surface area contributed by atoms with E-state index in [1.165, 1.54) is 23.5 Å². The molecule has 2 aromatic carbocycles. The molecule has 6 heteroatoms. The molecule has 0 aliphatic rings. The molecule has 0 fully saturated rings. The molecule has 0 bridgehead atoms. The van der Waals surface area contributed by atoms with Gasteiger partial charge in [0.1, 0.15) is 0 Å². The van der Waals surface area contributed by atoms with Gasteiger partial charge in [0.25, 0.3) is 15.9 Å². The molecule has 0 unspecified atom stereocenters. The van der Waals surface area contributed by atoms with E-state index in [1.807, 2.05) is 26.0 Å². The SMILES string of the molecule is CCNC(=O)c1cccc(S(=O)(=O)N(C)c2ccc(C)cc2)c1. The van der Waals surface area contributed by atoms with Crippen molar-refractivity contribution in [1.29, 1.82) is 0 Å². The number of nitrogens with zero attached hydrogens (tertiary/aromatic N) is 1. The second kappa shape index (κ2) is 6.83. The number of benzene rings is 2. The van der Waals surface area contributed by atoms with Gasteiger partial charge in [0.2, 0.25) is 0 Å². The van der Waals surface area contributed by atoms with Gasteiger partial charge in [0.15, 0.2) is 0 Å². The number of aryl methyl sites for hydroxylation is 1. The Bertz CT molecular complexity index is 799. The zero-order chi connectivity index (χ0) is 17.0. The van der Waals surface area contributed by atoms with Gasteiger partial charge in [0.05, 0.1) is 10.6 Å². The van der Waals surface area contributed by atoms with Crippen molar-refractivity contribution < 1.29 is 13.2 Å². The van der Waals surface area contributed by atoms with Crippen LogP contribution in [-0.4, -0.2) is 27.9 Å². The zero-order valence-electron chi connectivity index (χ0n) is 13.4. The predicted octanol–water partition coefficient (Wildman–Crippen LogP) is 2.57. The quantitative estimate of drug-likeness (QED) is 0.915. The molecular weight excluding hydrogens is 312 g/mol. The summed E-state index contributed by atoms with van der Waals surface area (Å²) in [5.74, 6) is -0.289. The molecule has 0 atom stereocenters. The van der Waals surface area contributed by atoms with E-state index >= 15 is 0 Å². The van der Waals surface area contributed by atoms with Gasteiger partial charge in [0, 0.05) is 19.2 Å². The summed E-state index contributed by atoms with van der Waals surface area (Å²) >= 11 is 0. The van der Waals surface area contributed by atoms with Crippen molar-refractivity contribution in [2.24, 2.45) is 0 Å². The van der Waals surface area contributed by atoms with Crippen molar-refractivity contribution in [1.82, 2.24) is 5.32 Å². The van der Waals surface area contributed by atoms with E-state index in [-0.39, 0.29) is 10.8 Å². The van der Waals surface area contributed by atoms with Gasteiger partial charge in [-0.2, -0.15) is 0 Å². The molecule has 0 aliphatic heterocycles. The first-order valence-electron chi connectivity index (χ1n) is 7.30. The van der Waals surface area contributed by atoms with Crippen molar-refractivity contribution in [3.8, 4) is 0 Å². The van der Waals surface area contributed by atoms with Gasteiger partial charge in [-0.25, -0.2) is 8.42 Å². The van der Waals surface area contributed by atoms with Crippen LogP contribution in [0, 0.1) is 6.92 Å². The molecule has 0 aliphatic carbocycles. The van der Waals surface area contributed by atoms with Gasteiger partial charge in [-0.3, -0.25) is 9.10 Å². The second-order valence-corrected chi connectivity index (χ2v) is 7.16. The van der Waals surface area contributed by atoms with Crippen LogP contribution in [0.1, 0.15) is 22.8 Å². The first kappa shape index (κ1) is 17.0. The summed E-state index contributed by atoms with van der Waals surface area (Å²) in [6.07, 6.45) is 0. The van der Waals surface area contributed by atoms with Crippen LogP contribution in [-0.2, 0) is 10.0 Å². The summed E-state index contributed by atoms with van der Waals surface area (Å²) in [5.41, 5.74) is 1.95. The van der Waals surface area contributed by atoms with E-state index in [2.05, 4.69) is 5.32 Å². The number of hydrogen-bond acceptors (Lipinski definition) is 3. The second-order valence-electron chi connectivity index (χ2n) is 5.20. The minimum Gasteiger partial charge on any atom is -0.352 e. The Hall–Kier alpha value is -2.34. The highest BCUT2D eigenvalue weighted by atomic mass is 32.2. The number of rotatable bonds is 5. The van der Waals surface area contributed by atoms with Crippen molar-refractivity contribution in [2.45, 2.75) is 18.7 Å². The van der Waals surface area contributed by atoms with Crippen LogP contribution in [0.4, 0.5) is 5.69 Å². The molecule has 1 amide bonds. The lowest BCUT2D eigenvalue weighted by molar-refractivity contribution is 0.0955. The maximum absolute atomic E-state index is 12.7. The molecule has 0 heterocycles. The predicted molar refractivity (Wildman–Crippen MR) is 91.2 cm³/mol. The number of amides is 1. The van der Waals surface area contributed by atoms with E-state index in [9.17, 15) is 13.2 Å². The summed E-state index contributed by atoms with van der Waals surface area (Å²) in [5, 5.41) is 2.66. The number of nitrogens with one attached hydrogen (secondary N) is 1. The Balaban J connectivity index is 2.37. The Morgan fingerprint density at radius 1 is 1.13 bits per heavy atom. The molecule has 0 radical (unpaired) electrons. The molecule has 2 rings (SSSR count). The van der Waals surface area contributed by atoms with Crippen molar-refractivity contribution in [2.75, 3.05) is 17.9 Å². The Morgan fingerprint density at radius 3 is 2.39 bits per heavy atom. The zero-order valence-corrected chi connectivity index (χ0v) is 14.2. The van der Waals surface area contributed by atoms with Crippen LogP contribution in [0.25, 0.3) is 0 Å². The van der Waals surface area contributed by atoms with Crippen LogP contribution >= 0.6 is 0 Å². The monoisotopic (exact) mass is 332 g/mol. The molecule has 0 aromatic heterocycles. The third-order valence-corrected chi connectivity index (χ3v) is 5.27. The van der Waals surface area contributed by atoms with E-state index in [0.29, 0.717) is 17.8 Å². The highest BCUT2D eigenvalue weighted by molar-refractivity contribution is 7.92. The maximum atomic E-state index is 12.7. The Morgan fingerprint density at radius 2 is 1.78 bits per heavy atom. The van der Waals surface area contributed by atoms with Crippen LogP contribution in [0.5, 0.6) is 0 Å². The number of hydrogen-bond donors (Lipinski definition) is 1. The van der Waals surface area contributed by atoms with Gasteiger partial charge >= 0.3 is 0 Å². The van der Waals surface area contributed by atoms with Crippen LogP contribution < -0.4 is 9.62 Å². The van der Waals surface area contributed by atoms with E-state index in [1.54, 1.807) is 24.3 Å². The fourth-order valence-electron chi connectivity index (χ4n) is 2.11. The van der Waals surface area contributed by atoms with Crippen LogP contribution in [0.15, 0.2) is 53.4 Å². The minimum absolute atomic E-state index is 0.0873. The lowest BCUT2D eigenvalue weighted by Crippen LogP contribution is -2.27. The summed E-state index contributed by atoms with van der Waals surface area (Å²) in [6.45, 7) is 4.23. The van der Waals surface area contributed by atoms with Crippen molar-refractivity contribution in [3.05, 3.63) is 59.7 Å². The first-order valence-corrected chi connectivity index (χ1v) is 8.74. The molecule has 122 valence electrons. The Labute approximate surface area is 137 Å². The van der Waals surface area contributed by atoms with E-state index < -0.39 is 10.0 Å². The lowest BCUT2D eigenvalue weighted by atomic mass is 10.2. The molecule has 0 saturated heterocycles. The van der Waals surface area contributed by atoms with Crippen molar-refractivity contribution >= 4 is 21.6 Å². The Kier molecular flexibility index (Phi) is 5.05. The fraction of sp³-hybridized carbons (Fsp3) is 0.235. The molecule has 0 spiro atoms. The largest absolute Gasteiger partial charge is 0.352 e. The molecule has 23 heavy (non-hydrogen) atoms. The molecule has 1 N–H and O–H groups in total. The van der Waals surface area contributed by atoms with Crippen molar-refractivity contribution in [3.63, 3.8) is 0 Å². The number of carbonyl (C=O) groups is 1. The van der Waals surface area contributed by atoms with Gasteiger partial charge < -0.3 is 5.32 Å². The smallest absolute Gasteiger partial charge is 0.264 e. The van der Waals surface area contributed by atoms with Gasteiger partial charge in [-0.05, 0) is 44.2 Å². The highest BCUT2D eigenvalue weighted by Crippen LogP contribution is 2.23. The van der Waals surface area contributed by atoms with Crippen LogP contribution in [0.2, 0.25) is 0 Å². The molecule has 5 nitrogen and oxygen atoms in total. The van der Waals surface area contributed by atoms with Crippen LogP contribution in [0.3, 0.4) is 0 Å². The van der Waals surface area contributed by atoms with Gasteiger partial charge in [-0.1, -0.05) is 23.8 Å². The lowest BCUT2D eigenvalue weighted by Gasteiger charge is -2.20. The summed E-state index contributed by atoms with van der Waals surface area (Å²) in [4.78, 5) is 12.0. The summed E-state index contributed by atoms with van der Waals surface area (Å²) < 4.78 is 26.7. The topological polar surface area (TPSA) is 66.5 Å². The van der Waals surface area contributed by atoms with E-state index in [4.69, 9.17) is 0 Å². The number of sulfonamides is 1. The van der Waals surface area contributed by atoms with Gasteiger partial charge in [-0.15, -0.1) is 0 Å².